The van der Waals surface area contributed by atoms with E-state index in [2.05, 4.69) is 0 Å². The molecule has 0 unspecified atom stereocenters. The zero-order valence-electron chi connectivity index (χ0n) is 20.1. The first-order chi connectivity index (χ1) is 16.5. The number of sulfone groups is 2. The van der Waals surface area contributed by atoms with Gasteiger partial charge in [0, 0.05) is 6.26 Å². The van der Waals surface area contributed by atoms with Gasteiger partial charge in [0.25, 0.3) is 0 Å². The monoisotopic (exact) mass is 508 g/mol. The lowest BCUT2D eigenvalue weighted by atomic mass is 10.0. The van der Waals surface area contributed by atoms with E-state index in [-0.39, 0.29) is 4.90 Å². The number of ether oxygens (including phenoxy) is 1. The molecule has 0 radical (unpaired) electrons. The summed E-state index contributed by atoms with van der Waals surface area (Å²) in [6.07, 6.45) is 1.22. The van der Waals surface area contributed by atoms with Gasteiger partial charge in [-0.25, -0.2) is 16.8 Å². The van der Waals surface area contributed by atoms with Crippen molar-refractivity contribution in [3.8, 4) is 16.9 Å². The van der Waals surface area contributed by atoms with Gasteiger partial charge in [-0.2, -0.15) is 0 Å². The SMILES string of the molecule is COc1ccc(S(=O)(=O)c2ccc(C)cc2)cc1.Cc1ccc(-c2ccc(S(C)(=O)=O)cc2)cc1. The molecule has 5 nitrogen and oxygen atoms in total. The molecular weight excluding hydrogens is 480 g/mol. The Bertz CT molecular complexity index is 1470. The Balaban J connectivity index is 0.000000196. The van der Waals surface area contributed by atoms with E-state index in [1.54, 1.807) is 67.8 Å². The Morgan fingerprint density at radius 1 is 0.514 bits per heavy atom. The van der Waals surface area contributed by atoms with E-state index in [0.717, 1.165) is 16.7 Å². The molecule has 0 aliphatic carbocycles. The Hall–Kier alpha value is -3.42. The lowest BCUT2D eigenvalue weighted by Crippen LogP contribution is -2.01. The van der Waals surface area contributed by atoms with Gasteiger partial charge in [-0.3, -0.25) is 0 Å². The van der Waals surface area contributed by atoms with Crippen LogP contribution in [0, 0.1) is 13.8 Å². The van der Waals surface area contributed by atoms with Crippen LogP contribution in [0.4, 0.5) is 0 Å². The van der Waals surface area contributed by atoms with Gasteiger partial charge in [-0.1, -0.05) is 59.7 Å². The van der Waals surface area contributed by atoms with Crippen molar-refractivity contribution in [2.24, 2.45) is 0 Å². The third-order valence-electron chi connectivity index (χ3n) is 5.37. The Morgan fingerprint density at radius 3 is 1.26 bits per heavy atom. The fraction of sp³-hybridized carbons (Fsp3) is 0.143. The molecule has 0 saturated heterocycles. The van der Waals surface area contributed by atoms with Crippen LogP contribution in [0.15, 0.2) is 112 Å². The second-order valence-electron chi connectivity index (χ2n) is 8.15. The van der Waals surface area contributed by atoms with Crippen molar-refractivity contribution in [2.45, 2.75) is 28.5 Å². The molecule has 35 heavy (non-hydrogen) atoms. The zero-order valence-corrected chi connectivity index (χ0v) is 21.7. The first kappa shape index (κ1) is 26.2. The van der Waals surface area contributed by atoms with E-state index in [9.17, 15) is 16.8 Å². The van der Waals surface area contributed by atoms with Crippen molar-refractivity contribution in [2.75, 3.05) is 13.4 Å². The van der Waals surface area contributed by atoms with E-state index in [1.165, 1.54) is 11.8 Å². The molecule has 0 bridgehead atoms. The minimum absolute atomic E-state index is 0.271. The van der Waals surface area contributed by atoms with Crippen LogP contribution in [-0.4, -0.2) is 30.2 Å². The van der Waals surface area contributed by atoms with Gasteiger partial charge >= 0.3 is 0 Å². The lowest BCUT2D eigenvalue weighted by molar-refractivity contribution is 0.414. The normalized spacial score (nSPS) is 11.3. The van der Waals surface area contributed by atoms with Crippen molar-refractivity contribution in [3.63, 3.8) is 0 Å². The largest absolute Gasteiger partial charge is 0.497 e. The predicted molar refractivity (Wildman–Crippen MR) is 139 cm³/mol. The predicted octanol–water partition coefficient (Wildman–Crippen LogP) is 5.90. The second-order valence-corrected chi connectivity index (χ2v) is 12.1. The van der Waals surface area contributed by atoms with Crippen LogP contribution < -0.4 is 4.74 Å². The minimum Gasteiger partial charge on any atom is -0.497 e. The number of rotatable bonds is 5. The van der Waals surface area contributed by atoms with Crippen molar-refractivity contribution in [3.05, 3.63) is 108 Å². The summed E-state index contributed by atoms with van der Waals surface area (Å²) in [6, 6.07) is 28.3. The average Bonchev–Trinajstić information content (AvgIpc) is 2.85. The molecule has 182 valence electrons. The molecule has 0 aliphatic rings. The summed E-state index contributed by atoms with van der Waals surface area (Å²) in [5.41, 5.74) is 4.36. The average molecular weight is 509 g/mol. The Labute approximate surface area is 207 Å². The van der Waals surface area contributed by atoms with Crippen molar-refractivity contribution < 1.29 is 21.6 Å². The summed E-state index contributed by atoms with van der Waals surface area (Å²) in [4.78, 5) is 0.929. The van der Waals surface area contributed by atoms with Gasteiger partial charge in [0.05, 0.1) is 21.8 Å². The van der Waals surface area contributed by atoms with Gasteiger partial charge < -0.3 is 4.74 Å². The highest BCUT2D eigenvalue weighted by Gasteiger charge is 2.17. The molecule has 0 amide bonds. The van der Waals surface area contributed by atoms with E-state index >= 15 is 0 Å². The fourth-order valence-electron chi connectivity index (χ4n) is 3.25. The van der Waals surface area contributed by atoms with Crippen LogP contribution in [0.5, 0.6) is 5.75 Å². The van der Waals surface area contributed by atoms with Crippen molar-refractivity contribution in [1.82, 2.24) is 0 Å². The van der Waals surface area contributed by atoms with Gasteiger partial charge in [0.1, 0.15) is 5.75 Å². The maximum Gasteiger partial charge on any atom is 0.206 e. The third-order valence-corrected chi connectivity index (χ3v) is 8.28. The molecule has 0 fully saturated rings. The standard InChI is InChI=1S/C14H14O3S.C14H14O2S/c1-11-3-7-13(8-4-11)18(15,16)14-9-5-12(17-2)6-10-14;1-11-3-5-12(6-4-11)13-7-9-14(10-8-13)17(2,15)16/h3-10H,1-2H3;3-10H,1-2H3. The quantitative estimate of drug-likeness (QED) is 0.335. The van der Waals surface area contributed by atoms with Crippen molar-refractivity contribution >= 4 is 19.7 Å². The van der Waals surface area contributed by atoms with Crippen LogP contribution >= 0.6 is 0 Å². The lowest BCUT2D eigenvalue weighted by Gasteiger charge is -2.06. The molecule has 7 heteroatoms. The topological polar surface area (TPSA) is 77.5 Å². The first-order valence-corrected chi connectivity index (χ1v) is 14.2. The second kappa shape index (κ2) is 10.9. The summed E-state index contributed by atoms with van der Waals surface area (Å²) in [7, 11) is -5.00. The van der Waals surface area contributed by atoms with E-state index < -0.39 is 19.7 Å². The molecule has 0 aliphatic heterocycles. The minimum atomic E-state index is -3.44. The van der Waals surface area contributed by atoms with Crippen LogP contribution in [0.3, 0.4) is 0 Å². The molecule has 4 rings (SSSR count). The number of hydrogen-bond acceptors (Lipinski definition) is 5. The molecular formula is C28H28O5S2. The van der Waals surface area contributed by atoms with Crippen LogP contribution in [0.25, 0.3) is 11.1 Å². The highest BCUT2D eigenvalue weighted by Crippen LogP contribution is 2.23. The van der Waals surface area contributed by atoms with Gasteiger partial charge in [0.15, 0.2) is 9.84 Å². The maximum absolute atomic E-state index is 12.3. The summed E-state index contributed by atoms with van der Waals surface area (Å²) < 4.78 is 52.3. The fourth-order valence-corrected chi connectivity index (χ4v) is 5.14. The number of hydrogen-bond donors (Lipinski definition) is 0. The molecule has 0 heterocycles. The van der Waals surface area contributed by atoms with Crippen LogP contribution in [0.1, 0.15) is 11.1 Å². The highest BCUT2D eigenvalue weighted by atomic mass is 32.2. The number of aryl methyl sites for hydroxylation is 2. The van der Waals surface area contributed by atoms with Crippen LogP contribution in [0.2, 0.25) is 0 Å². The third kappa shape index (κ3) is 6.81. The summed E-state index contributed by atoms with van der Waals surface area (Å²) in [6.45, 7) is 3.96. The molecule has 0 spiro atoms. The molecule has 4 aromatic carbocycles. The number of benzene rings is 4. The summed E-state index contributed by atoms with van der Waals surface area (Å²) in [5, 5.41) is 0. The van der Waals surface area contributed by atoms with Gasteiger partial charge in [-0.15, -0.1) is 0 Å². The first-order valence-electron chi connectivity index (χ1n) is 10.8. The zero-order chi connectivity index (χ0) is 25.6. The molecule has 0 aromatic heterocycles. The van der Waals surface area contributed by atoms with Crippen LogP contribution in [-0.2, 0) is 19.7 Å². The molecule has 0 N–H and O–H groups in total. The van der Waals surface area contributed by atoms with Gasteiger partial charge in [0.2, 0.25) is 9.84 Å². The summed E-state index contributed by atoms with van der Waals surface area (Å²) in [5.74, 6) is 0.637. The molecule has 0 atom stereocenters. The van der Waals surface area contributed by atoms with Gasteiger partial charge in [-0.05, 0) is 73.5 Å². The summed E-state index contributed by atoms with van der Waals surface area (Å²) >= 11 is 0. The molecule has 0 saturated carbocycles. The molecule has 4 aromatic rings. The Morgan fingerprint density at radius 2 is 0.857 bits per heavy atom. The van der Waals surface area contributed by atoms with E-state index in [1.807, 2.05) is 50.2 Å². The Kier molecular flexibility index (Phi) is 8.14. The van der Waals surface area contributed by atoms with Crippen molar-refractivity contribution in [1.29, 1.82) is 0 Å². The smallest absolute Gasteiger partial charge is 0.206 e. The number of methoxy groups -OCH3 is 1. The van der Waals surface area contributed by atoms with E-state index in [0.29, 0.717) is 15.5 Å². The highest BCUT2D eigenvalue weighted by molar-refractivity contribution is 7.91. The van der Waals surface area contributed by atoms with E-state index in [4.69, 9.17) is 4.74 Å². The maximum atomic E-state index is 12.3.